The molecule has 0 unspecified atom stereocenters. The van der Waals surface area contributed by atoms with Gasteiger partial charge in [-0.2, -0.15) is 0 Å². The molecule has 0 fully saturated rings. The monoisotopic (exact) mass is 601 g/mol. The van der Waals surface area contributed by atoms with E-state index in [1.54, 1.807) is 0 Å². The standard InChI is InChI=1S/C23H18N.C5H8O2.Ir/c1-16-12-17(2)14-21(13-16)22-11-10-19-8-9-20(15-23(19)24-22)18-6-4-3-5-7-18;1-4(6)3-5(2)7;/h3-13,15H,1-2H3;3,6H,1-2H3;/q-1;;/b;4-3-;. The summed E-state index contributed by atoms with van der Waals surface area (Å²) in [5, 5.41) is 9.52. The zero-order valence-corrected chi connectivity index (χ0v) is 21.0. The van der Waals surface area contributed by atoms with Crippen molar-refractivity contribution in [3.8, 4) is 22.4 Å². The van der Waals surface area contributed by atoms with Crippen molar-refractivity contribution in [1.82, 2.24) is 4.98 Å². The Bertz CT molecular complexity index is 1220. The third kappa shape index (κ3) is 6.98. The molecule has 1 aromatic heterocycles. The largest absolute Gasteiger partial charge is 0.512 e. The summed E-state index contributed by atoms with van der Waals surface area (Å²) >= 11 is 0. The van der Waals surface area contributed by atoms with Gasteiger partial charge in [0, 0.05) is 26.2 Å². The first-order valence-corrected chi connectivity index (χ1v) is 10.2. The number of aliphatic hydroxyl groups excluding tert-OH is 1. The van der Waals surface area contributed by atoms with Gasteiger partial charge in [0.25, 0.3) is 0 Å². The van der Waals surface area contributed by atoms with Crippen LogP contribution in [0.2, 0.25) is 0 Å². The van der Waals surface area contributed by atoms with Gasteiger partial charge in [-0.3, -0.25) is 9.78 Å². The van der Waals surface area contributed by atoms with Crippen molar-refractivity contribution in [2.75, 3.05) is 0 Å². The average Bonchev–Trinajstić information content (AvgIpc) is 2.72. The number of aryl methyl sites for hydroxylation is 2. The van der Waals surface area contributed by atoms with Crippen LogP contribution in [0.15, 0.2) is 84.6 Å². The molecule has 165 valence electrons. The fourth-order valence-corrected chi connectivity index (χ4v) is 3.40. The van der Waals surface area contributed by atoms with E-state index in [-0.39, 0.29) is 31.6 Å². The maximum atomic E-state index is 10.0. The van der Waals surface area contributed by atoms with Crippen LogP contribution in [-0.4, -0.2) is 15.9 Å². The quantitative estimate of drug-likeness (QED) is 0.156. The van der Waals surface area contributed by atoms with Gasteiger partial charge in [-0.15, -0.1) is 34.9 Å². The van der Waals surface area contributed by atoms with Crippen LogP contribution in [0.1, 0.15) is 25.0 Å². The van der Waals surface area contributed by atoms with E-state index in [0.717, 1.165) is 27.7 Å². The average molecular weight is 601 g/mol. The molecule has 1 heterocycles. The molecular weight excluding hydrogens is 575 g/mol. The molecule has 0 bridgehead atoms. The Kier molecular flexibility index (Phi) is 9.07. The second kappa shape index (κ2) is 11.5. The Labute approximate surface area is 203 Å². The number of carbonyl (C=O) groups is 1. The predicted molar refractivity (Wildman–Crippen MR) is 128 cm³/mol. The minimum absolute atomic E-state index is 0. The van der Waals surface area contributed by atoms with Gasteiger partial charge in [-0.05, 0) is 42.1 Å². The van der Waals surface area contributed by atoms with Gasteiger partial charge < -0.3 is 5.11 Å². The molecule has 3 aromatic carbocycles. The summed E-state index contributed by atoms with van der Waals surface area (Å²) in [5.74, 6) is -0.0625. The fourth-order valence-electron chi connectivity index (χ4n) is 3.40. The molecule has 0 atom stereocenters. The smallest absolute Gasteiger partial charge is 0.155 e. The SMILES string of the molecule is CC(=O)/C=C(/C)O.Cc1[c-]c(-c2ccc3ccc(-c4ccccc4)cc3n2)cc(C)c1.[Ir]. The van der Waals surface area contributed by atoms with Crippen LogP contribution in [0.5, 0.6) is 0 Å². The van der Waals surface area contributed by atoms with Crippen LogP contribution in [0.25, 0.3) is 33.3 Å². The summed E-state index contributed by atoms with van der Waals surface area (Å²) in [6.07, 6.45) is 1.17. The summed E-state index contributed by atoms with van der Waals surface area (Å²) < 4.78 is 0. The summed E-state index contributed by atoms with van der Waals surface area (Å²) in [7, 11) is 0. The van der Waals surface area contributed by atoms with E-state index in [1.165, 1.54) is 36.6 Å². The van der Waals surface area contributed by atoms with Crippen molar-refractivity contribution in [3.05, 3.63) is 102 Å². The molecule has 1 radical (unpaired) electrons. The number of nitrogens with zero attached hydrogens (tertiary/aromatic N) is 1. The molecule has 0 spiro atoms. The first-order valence-electron chi connectivity index (χ1n) is 10.2. The molecule has 4 aromatic rings. The molecule has 4 rings (SSSR count). The molecule has 4 heteroatoms. The van der Waals surface area contributed by atoms with Crippen LogP contribution in [-0.2, 0) is 24.9 Å². The molecule has 3 nitrogen and oxygen atoms in total. The maximum Gasteiger partial charge on any atom is 0.155 e. The maximum absolute atomic E-state index is 10.0. The van der Waals surface area contributed by atoms with Crippen LogP contribution < -0.4 is 0 Å². The topological polar surface area (TPSA) is 50.2 Å². The van der Waals surface area contributed by atoms with Crippen molar-refractivity contribution >= 4 is 16.7 Å². The van der Waals surface area contributed by atoms with Gasteiger partial charge in [-0.25, -0.2) is 0 Å². The summed E-state index contributed by atoms with van der Waals surface area (Å²) in [4.78, 5) is 14.9. The Morgan fingerprint density at radius 3 is 2.19 bits per heavy atom. The van der Waals surface area contributed by atoms with E-state index in [4.69, 9.17) is 10.1 Å². The van der Waals surface area contributed by atoms with Gasteiger partial charge in [-0.1, -0.05) is 68.4 Å². The summed E-state index contributed by atoms with van der Waals surface area (Å²) in [6, 6.07) is 28.8. The zero-order chi connectivity index (χ0) is 22.4. The first-order chi connectivity index (χ1) is 14.8. The molecule has 0 saturated carbocycles. The number of fused-ring (bicyclic) bond motifs is 1. The molecule has 0 aliphatic heterocycles. The molecular formula is C28H26IrNO2-. The third-order valence-corrected chi connectivity index (χ3v) is 4.64. The van der Waals surface area contributed by atoms with Gasteiger partial charge in [0.1, 0.15) is 0 Å². The molecule has 0 aliphatic carbocycles. The molecule has 0 amide bonds. The Hall–Kier alpha value is -3.07. The van der Waals surface area contributed by atoms with E-state index < -0.39 is 0 Å². The normalized spacial score (nSPS) is 10.7. The summed E-state index contributed by atoms with van der Waals surface area (Å²) in [5.41, 5.74) is 7.83. The number of hydrogen-bond acceptors (Lipinski definition) is 3. The number of benzene rings is 3. The number of ketones is 1. The zero-order valence-electron chi connectivity index (χ0n) is 18.6. The second-order valence-electron chi connectivity index (χ2n) is 7.62. The van der Waals surface area contributed by atoms with E-state index in [1.807, 2.05) is 6.07 Å². The Morgan fingerprint density at radius 2 is 1.59 bits per heavy atom. The number of aromatic nitrogens is 1. The van der Waals surface area contributed by atoms with Crippen LogP contribution in [0.4, 0.5) is 0 Å². The van der Waals surface area contributed by atoms with Crippen molar-refractivity contribution < 1.29 is 30.0 Å². The fraction of sp³-hybridized carbons (Fsp3) is 0.143. The molecule has 0 aliphatic rings. The molecule has 1 N–H and O–H groups in total. The minimum Gasteiger partial charge on any atom is -0.512 e. The summed E-state index contributed by atoms with van der Waals surface area (Å²) in [6.45, 7) is 7.03. The van der Waals surface area contributed by atoms with E-state index in [0.29, 0.717) is 0 Å². The first kappa shape index (κ1) is 25.2. The van der Waals surface area contributed by atoms with Crippen molar-refractivity contribution in [1.29, 1.82) is 0 Å². The van der Waals surface area contributed by atoms with Crippen LogP contribution in [0, 0.1) is 19.9 Å². The van der Waals surface area contributed by atoms with Crippen LogP contribution >= 0.6 is 0 Å². The van der Waals surface area contributed by atoms with Gasteiger partial charge in [0.05, 0.1) is 11.3 Å². The number of carbonyl (C=O) groups excluding carboxylic acids is 1. The number of aliphatic hydroxyl groups is 1. The second-order valence-corrected chi connectivity index (χ2v) is 7.62. The van der Waals surface area contributed by atoms with Crippen LogP contribution in [0.3, 0.4) is 0 Å². The number of rotatable bonds is 3. The molecule has 0 saturated heterocycles. The van der Waals surface area contributed by atoms with E-state index >= 15 is 0 Å². The Morgan fingerprint density at radius 1 is 0.906 bits per heavy atom. The van der Waals surface area contributed by atoms with E-state index in [2.05, 4.69) is 86.6 Å². The van der Waals surface area contributed by atoms with Crippen molar-refractivity contribution in [2.45, 2.75) is 27.7 Å². The van der Waals surface area contributed by atoms with Crippen molar-refractivity contribution in [3.63, 3.8) is 0 Å². The van der Waals surface area contributed by atoms with Gasteiger partial charge >= 0.3 is 0 Å². The van der Waals surface area contributed by atoms with Gasteiger partial charge in [0.2, 0.25) is 0 Å². The molecule has 32 heavy (non-hydrogen) atoms. The third-order valence-electron chi connectivity index (χ3n) is 4.64. The number of allylic oxidation sites excluding steroid dienone is 2. The van der Waals surface area contributed by atoms with E-state index in [9.17, 15) is 4.79 Å². The van der Waals surface area contributed by atoms with Crippen molar-refractivity contribution in [2.24, 2.45) is 0 Å². The number of pyridine rings is 1. The number of hydrogen-bond donors (Lipinski definition) is 1. The minimum atomic E-state index is -0.125. The Balaban J connectivity index is 0.000000398. The van der Waals surface area contributed by atoms with Gasteiger partial charge in [0.15, 0.2) is 5.78 Å². The predicted octanol–water partition coefficient (Wildman–Crippen LogP) is 7.02.